The molecule has 1 saturated heterocycles. The van der Waals surface area contributed by atoms with Gasteiger partial charge in [-0.3, -0.25) is 0 Å². The van der Waals surface area contributed by atoms with Crippen LogP contribution in [-0.2, 0) is 0 Å². The van der Waals surface area contributed by atoms with Crippen LogP contribution >= 0.6 is 0 Å². The molecule has 0 atom stereocenters. The molecule has 0 spiro atoms. The minimum Gasteiger partial charge on any atom is -0.497 e. The molecule has 16 heavy (non-hydrogen) atoms. The monoisotopic (exact) mass is 225 g/mol. The highest BCUT2D eigenvalue weighted by Gasteiger charge is 2.04. The molecule has 1 aliphatic rings. The summed E-state index contributed by atoms with van der Waals surface area (Å²) in [6.07, 6.45) is 1.41. The van der Waals surface area contributed by atoms with Crippen LogP contribution in [0.15, 0.2) is 18.2 Å². The van der Waals surface area contributed by atoms with Gasteiger partial charge in [0, 0.05) is 6.07 Å². The molecule has 1 N–H and O–H groups in total. The maximum Gasteiger partial charge on any atom is 0.171 e. The number of nitrogens with zero attached hydrogens (tertiary/aromatic N) is 1. The minimum absolute atomic E-state index is 0.421. The van der Waals surface area contributed by atoms with Gasteiger partial charge in [-0.15, -0.1) is 0 Å². The maximum absolute atomic E-state index is 8.38. The molecule has 1 aromatic rings. The van der Waals surface area contributed by atoms with Gasteiger partial charge < -0.3 is 14.5 Å². The first-order valence-corrected chi connectivity index (χ1v) is 5.32. The summed E-state index contributed by atoms with van der Waals surface area (Å²) in [6, 6.07) is 5.23. The van der Waals surface area contributed by atoms with E-state index >= 15 is 0 Å². The molecule has 1 aliphatic heterocycles. The van der Waals surface area contributed by atoms with Crippen LogP contribution in [0, 0.1) is 6.92 Å². The first-order chi connectivity index (χ1) is 7.67. The van der Waals surface area contributed by atoms with E-state index < -0.39 is 0 Å². The first kappa shape index (κ1) is 12.8. The average molecular weight is 225 g/mol. The number of ether oxygens (including phenoxy) is 1. The third kappa shape index (κ3) is 3.72. The summed E-state index contributed by atoms with van der Waals surface area (Å²) in [7, 11) is 3.70. The number of methoxy groups -OCH3 is 1. The van der Waals surface area contributed by atoms with Crippen molar-refractivity contribution in [2.24, 2.45) is 0 Å². The Morgan fingerprint density at radius 1 is 1.31 bits per heavy atom. The maximum atomic E-state index is 8.38. The van der Waals surface area contributed by atoms with Crippen molar-refractivity contribution in [1.82, 2.24) is 4.90 Å². The Morgan fingerprint density at radius 2 is 1.94 bits per heavy atom. The van der Waals surface area contributed by atoms with Gasteiger partial charge in [-0.25, -0.2) is 5.26 Å². The van der Waals surface area contributed by atoms with Gasteiger partial charge >= 0.3 is 0 Å². The Bertz CT molecular complexity index is 324. The van der Waals surface area contributed by atoms with Crippen molar-refractivity contribution < 1.29 is 14.9 Å². The Kier molecular flexibility index (Phi) is 5.08. The largest absolute Gasteiger partial charge is 0.497 e. The fourth-order valence-electron chi connectivity index (χ4n) is 1.28. The van der Waals surface area contributed by atoms with Gasteiger partial charge in [0.1, 0.15) is 5.75 Å². The molecule has 0 radical (unpaired) electrons. The van der Waals surface area contributed by atoms with Crippen LogP contribution < -0.4 is 9.62 Å². The summed E-state index contributed by atoms with van der Waals surface area (Å²) in [6.45, 7) is 4.48. The van der Waals surface area contributed by atoms with Crippen molar-refractivity contribution in [2.45, 2.75) is 13.3 Å². The van der Waals surface area contributed by atoms with E-state index in [0.717, 1.165) is 5.56 Å². The molecular weight excluding hydrogens is 206 g/mol. The smallest absolute Gasteiger partial charge is 0.171 e. The number of hydrogen-bond donors (Lipinski definition) is 1. The van der Waals surface area contributed by atoms with Crippen LogP contribution in [-0.4, -0.2) is 37.4 Å². The average Bonchev–Trinajstić information content (AvgIpc) is 2.28. The number of benzene rings is 1. The summed E-state index contributed by atoms with van der Waals surface area (Å²) in [5.41, 5.74) is 0.869. The van der Waals surface area contributed by atoms with E-state index in [4.69, 9.17) is 9.99 Å². The van der Waals surface area contributed by atoms with Crippen molar-refractivity contribution in [1.29, 1.82) is 0 Å². The fraction of sp³-hybridized carbons (Fsp3) is 0.500. The molecule has 4 heteroatoms. The number of aryl methyl sites for hydroxylation is 1. The van der Waals surface area contributed by atoms with Crippen LogP contribution in [0.4, 0.5) is 0 Å². The lowest BCUT2D eigenvalue weighted by molar-refractivity contribution is -0.138. The van der Waals surface area contributed by atoms with E-state index in [-0.39, 0.29) is 0 Å². The summed E-state index contributed by atoms with van der Waals surface area (Å²) < 4.78 is 4.92. The molecule has 0 aliphatic carbocycles. The van der Waals surface area contributed by atoms with Crippen molar-refractivity contribution >= 4 is 0 Å². The van der Waals surface area contributed by atoms with Crippen molar-refractivity contribution in [2.75, 3.05) is 27.2 Å². The lowest BCUT2D eigenvalue weighted by atomic mass is 10.2. The normalized spacial score (nSPS) is 14.5. The van der Waals surface area contributed by atoms with Crippen LogP contribution in [0.2, 0.25) is 0 Å². The predicted molar refractivity (Wildman–Crippen MR) is 63.1 cm³/mol. The summed E-state index contributed by atoms with van der Waals surface area (Å²) in [5, 5.41) is 8.38. The van der Waals surface area contributed by atoms with E-state index in [9.17, 15) is 0 Å². The zero-order valence-corrected chi connectivity index (χ0v) is 10.1. The minimum atomic E-state index is 0.421. The lowest BCUT2D eigenvalue weighted by Gasteiger charge is -2.24. The molecule has 1 fully saturated rings. The van der Waals surface area contributed by atoms with Crippen LogP contribution in [0.25, 0.3) is 0 Å². The predicted octanol–water partition coefficient (Wildman–Crippen LogP) is 2.18. The second-order valence-electron chi connectivity index (χ2n) is 3.88. The van der Waals surface area contributed by atoms with Gasteiger partial charge in [0.15, 0.2) is 5.75 Å². The second-order valence-corrected chi connectivity index (χ2v) is 3.88. The molecule has 0 amide bonds. The second kappa shape index (κ2) is 6.35. The zero-order valence-electron chi connectivity index (χ0n) is 10.1. The zero-order chi connectivity index (χ0) is 12.0. The van der Waals surface area contributed by atoms with Gasteiger partial charge in [-0.05, 0) is 45.1 Å². The van der Waals surface area contributed by atoms with E-state index in [1.54, 1.807) is 19.2 Å². The Labute approximate surface area is 96.3 Å². The van der Waals surface area contributed by atoms with Gasteiger partial charge in [-0.2, -0.15) is 0 Å². The summed E-state index contributed by atoms with van der Waals surface area (Å²) in [4.78, 5) is 6.41. The summed E-state index contributed by atoms with van der Waals surface area (Å²) >= 11 is 0. The SMILES string of the molecule is CN1CCC1.COc1ccc(C)c(OO)c1. The highest BCUT2D eigenvalue weighted by atomic mass is 17.1. The molecular formula is C12H19NO3. The molecule has 0 unspecified atom stereocenters. The Morgan fingerprint density at radius 3 is 2.31 bits per heavy atom. The van der Waals surface area contributed by atoms with Gasteiger partial charge in [0.2, 0.25) is 0 Å². The highest BCUT2D eigenvalue weighted by Crippen LogP contribution is 2.22. The van der Waals surface area contributed by atoms with Gasteiger partial charge in [-0.1, -0.05) is 6.07 Å². The molecule has 1 heterocycles. The van der Waals surface area contributed by atoms with E-state index in [1.807, 2.05) is 13.0 Å². The highest BCUT2D eigenvalue weighted by molar-refractivity contribution is 5.39. The molecule has 1 aromatic carbocycles. The number of rotatable bonds is 2. The van der Waals surface area contributed by atoms with Crippen molar-refractivity contribution in [3.05, 3.63) is 23.8 Å². The topological polar surface area (TPSA) is 41.9 Å². The van der Waals surface area contributed by atoms with Crippen LogP contribution in [0.1, 0.15) is 12.0 Å². The molecule has 0 saturated carbocycles. The van der Waals surface area contributed by atoms with Crippen molar-refractivity contribution in [3.8, 4) is 11.5 Å². The Balaban J connectivity index is 0.000000212. The van der Waals surface area contributed by atoms with E-state index in [0.29, 0.717) is 11.5 Å². The van der Waals surface area contributed by atoms with Crippen LogP contribution in [0.3, 0.4) is 0 Å². The molecule has 90 valence electrons. The van der Waals surface area contributed by atoms with Crippen molar-refractivity contribution in [3.63, 3.8) is 0 Å². The third-order valence-electron chi connectivity index (χ3n) is 2.57. The van der Waals surface area contributed by atoms with Gasteiger partial charge in [0.25, 0.3) is 0 Å². The standard InChI is InChI=1S/C8H10O3.C4H9N/c1-6-3-4-7(10-2)5-8(6)11-9;1-5-3-2-4-5/h3-5,9H,1-2H3;2-4H2,1H3. The molecule has 4 nitrogen and oxygen atoms in total. The van der Waals surface area contributed by atoms with Gasteiger partial charge in [0.05, 0.1) is 7.11 Å². The fourth-order valence-corrected chi connectivity index (χ4v) is 1.28. The quantitative estimate of drug-likeness (QED) is 0.618. The summed E-state index contributed by atoms with van der Waals surface area (Å²) in [5.74, 6) is 1.09. The Hall–Kier alpha value is -1.26. The van der Waals surface area contributed by atoms with Crippen LogP contribution in [0.5, 0.6) is 11.5 Å². The number of hydrogen-bond acceptors (Lipinski definition) is 4. The third-order valence-corrected chi connectivity index (χ3v) is 2.57. The molecule has 2 rings (SSSR count). The lowest BCUT2D eigenvalue weighted by Crippen LogP contribution is -2.32. The van der Waals surface area contributed by atoms with E-state index in [1.165, 1.54) is 19.5 Å². The molecule has 0 bridgehead atoms. The van der Waals surface area contributed by atoms with E-state index in [2.05, 4.69) is 16.8 Å². The number of likely N-dealkylation sites (tertiary alicyclic amines) is 1. The molecule has 0 aromatic heterocycles. The first-order valence-electron chi connectivity index (χ1n) is 5.32.